The van der Waals surface area contributed by atoms with Crippen LogP contribution in [0.25, 0.3) is 11.2 Å². The fourth-order valence-electron chi connectivity index (χ4n) is 3.13. The summed E-state index contributed by atoms with van der Waals surface area (Å²) in [5.41, 5.74) is -1.36. The molecule has 0 aromatic carbocycles. The highest BCUT2D eigenvalue weighted by molar-refractivity contribution is 6.12. The third-order valence-electron chi connectivity index (χ3n) is 4.40. The number of imide groups is 1. The molecule has 1 saturated heterocycles. The third-order valence-corrected chi connectivity index (χ3v) is 4.40. The van der Waals surface area contributed by atoms with Crippen molar-refractivity contribution in [1.29, 1.82) is 0 Å². The second-order valence-electron chi connectivity index (χ2n) is 9.43. The van der Waals surface area contributed by atoms with E-state index in [2.05, 4.69) is 15.0 Å². The maximum atomic E-state index is 12.9. The van der Waals surface area contributed by atoms with Crippen molar-refractivity contribution in [2.75, 3.05) is 11.5 Å². The summed E-state index contributed by atoms with van der Waals surface area (Å²) in [7, 11) is 0. The van der Waals surface area contributed by atoms with E-state index in [4.69, 9.17) is 14.2 Å². The van der Waals surface area contributed by atoms with Crippen molar-refractivity contribution in [3.05, 3.63) is 12.7 Å². The molecule has 176 valence electrons. The normalized spacial score (nSPS) is 21.6. The summed E-state index contributed by atoms with van der Waals surface area (Å²) in [5, 5.41) is 19.4. The Bertz CT molecular complexity index is 966. The van der Waals surface area contributed by atoms with Crippen LogP contribution in [0.2, 0.25) is 0 Å². The van der Waals surface area contributed by atoms with Crippen LogP contribution >= 0.6 is 0 Å². The van der Waals surface area contributed by atoms with Crippen LogP contribution in [0, 0.1) is 0 Å². The molecule has 0 spiro atoms. The minimum Gasteiger partial charge on any atom is -0.443 e. The summed E-state index contributed by atoms with van der Waals surface area (Å²) >= 11 is 0. The number of hydrogen-bond donors (Lipinski definition) is 2. The van der Waals surface area contributed by atoms with Crippen molar-refractivity contribution in [3.63, 3.8) is 0 Å². The highest BCUT2D eigenvalue weighted by Gasteiger charge is 2.38. The van der Waals surface area contributed by atoms with E-state index in [0.29, 0.717) is 4.90 Å². The summed E-state index contributed by atoms with van der Waals surface area (Å²) in [6.45, 7) is 9.68. The summed E-state index contributed by atoms with van der Waals surface area (Å²) in [6, 6.07) is 0. The SMILES string of the molecule is CC(C)(C)OC(=O)N(C(=O)OC(C)(C)C)c1ncnc2c1ncn2[C@H]1C[C@H](O)[C@@H](CO)O1. The third kappa shape index (κ3) is 5.14. The Labute approximate surface area is 185 Å². The van der Waals surface area contributed by atoms with Gasteiger partial charge in [-0.15, -0.1) is 0 Å². The number of aromatic nitrogens is 4. The van der Waals surface area contributed by atoms with E-state index in [0.717, 1.165) is 0 Å². The molecule has 0 radical (unpaired) electrons. The number of fused-ring (bicyclic) bond motifs is 1. The van der Waals surface area contributed by atoms with Gasteiger partial charge in [-0.1, -0.05) is 0 Å². The maximum absolute atomic E-state index is 12.9. The van der Waals surface area contributed by atoms with Crippen molar-refractivity contribution in [1.82, 2.24) is 19.5 Å². The van der Waals surface area contributed by atoms with Gasteiger partial charge in [0.2, 0.25) is 0 Å². The van der Waals surface area contributed by atoms with Crippen LogP contribution in [0.3, 0.4) is 0 Å². The Kier molecular flexibility index (Phi) is 6.40. The van der Waals surface area contributed by atoms with Crippen molar-refractivity contribution in [2.45, 2.75) is 77.6 Å². The first-order valence-corrected chi connectivity index (χ1v) is 10.2. The minimum atomic E-state index is -0.978. The molecule has 3 rings (SSSR count). The van der Waals surface area contributed by atoms with Crippen LogP contribution in [0.15, 0.2) is 12.7 Å². The van der Waals surface area contributed by atoms with Gasteiger partial charge in [-0.3, -0.25) is 4.57 Å². The van der Waals surface area contributed by atoms with E-state index in [1.807, 2.05) is 0 Å². The molecule has 1 fully saturated rings. The van der Waals surface area contributed by atoms with Crippen LogP contribution in [0.1, 0.15) is 54.2 Å². The number of rotatable bonds is 3. The molecule has 1 aliphatic rings. The second-order valence-corrected chi connectivity index (χ2v) is 9.43. The van der Waals surface area contributed by atoms with E-state index < -0.39 is 41.8 Å². The Balaban J connectivity index is 2.04. The molecular formula is C20H29N5O7. The molecule has 0 aliphatic carbocycles. The largest absolute Gasteiger partial charge is 0.443 e. The summed E-state index contributed by atoms with van der Waals surface area (Å²) < 4.78 is 18.0. The Hall–Kier alpha value is -2.83. The molecule has 32 heavy (non-hydrogen) atoms. The molecule has 12 heteroatoms. The molecule has 0 bridgehead atoms. The van der Waals surface area contributed by atoms with Gasteiger partial charge < -0.3 is 24.4 Å². The van der Waals surface area contributed by atoms with Crippen LogP contribution in [-0.4, -0.2) is 71.9 Å². The number of hydrogen-bond acceptors (Lipinski definition) is 10. The zero-order valence-electron chi connectivity index (χ0n) is 19.0. The number of ether oxygens (including phenoxy) is 3. The van der Waals surface area contributed by atoms with Gasteiger partial charge in [-0.25, -0.2) is 24.5 Å². The lowest BCUT2D eigenvalue weighted by atomic mass is 10.2. The van der Waals surface area contributed by atoms with Crippen molar-refractivity contribution >= 4 is 29.2 Å². The predicted molar refractivity (Wildman–Crippen MR) is 112 cm³/mol. The van der Waals surface area contributed by atoms with Gasteiger partial charge in [-0.2, -0.15) is 4.90 Å². The van der Waals surface area contributed by atoms with E-state index >= 15 is 0 Å². The van der Waals surface area contributed by atoms with Crippen molar-refractivity contribution < 1.29 is 34.0 Å². The molecule has 0 saturated carbocycles. The van der Waals surface area contributed by atoms with Crippen molar-refractivity contribution in [2.24, 2.45) is 0 Å². The first kappa shape index (κ1) is 23.8. The zero-order valence-corrected chi connectivity index (χ0v) is 19.0. The first-order chi connectivity index (χ1) is 14.8. The Morgan fingerprint density at radius 3 is 2.22 bits per heavy atom. The average Bonchev–Trinajstić information content (AvgIpc) is 3.22. The average molecular weight is 451 g/mol. The van der Waals surface area contributed by atoms with E-state index in [9.17, 15) is 19.8 Å². The second kappa shape index (κ2) is 8.60. The number of carbonyl (C=O) groups is 2. The van der Waals surface area contributed by atoms with E-state index in [-0.39, 0.29) is 30.0 Å². The quantitative estimate of drug-likeness (QED) is 0.710. The highest BCUT2D eigenvalue weighted by atomic mass is 16.6. The molecule has 2 aromatic heterocycles. The number of aliphatic hydroxyl groups is 2. The maximum Gasteiger partial charge on any atom is 0.425 e. The lowest BCUT2D eigenvalue weighted by molar-refractivity contribution is -0.0432. The molecular weight excluding hydrogens is 422 g/mol. The first-order valence-electron chi connectivity index (χ1n) is 10.2. The molecule has 2 amide bonds. The number of imidazole rings is 1. The standard InChI is InChI=1S/C20H29N5O7/c1-19(2,3)31-17(28)25(18(29)32-20(4,5)6)16-14-15(21-9-22-16)24(10-23-14)13-7-11(27)12(8-26)30-13/h9-13,26-27H,7-8H2,1-6H3/t11-,12+,13+/m0/s1. The van der Waals surface area contributed by atoms with Crippen molar-refractivity contribution in [3.8, 4) is 0 Å². The lowest BCUT2D eigenvalue weighted by Crippen LogP contribution is -2.44. The smallest absolute Gasteiger partial charge is 0.425 e. The molecule has 2 aromatic rings. The molecule has 1 aliphatic heterocycles. The molecule has 3 heterocycles. The minimum absolute atomic E-state index is 0.116. The number of carbonyl (C=O) groups excluding carboxylic acids is 2. The number of nitrogens with zero attached hydrogens (tertiary/aromatic N) is 5. The summed E-state index contributed by atoms with van der Waals surface area (Å²) in [5.74, 6) is -0.116. The van der Waals surface area contributed by atoms with Gasteiger partial charge in [0.25, 0.3) is 0 Å². The molecule has 0 unspecified atom stereocenters. The van der Waals surface area contributed by atoms with Crippen LogP contribution in [-0.2, 0) is 14.2 Å². The van der Waals surface area contributed by atoms with Gasteiger partial charge in [0.15, 0.2) is 17.0 Å². The van der Waals surface area contributed by atoms with Gasteiger partial charge in [0, 0.05) is 6.42 Å². The zero-order chi connectivity index (χ0) is 23.8. The highest BCUT2D eigenvalue weighted by Crippen LogP contribution is 2.33. The monoisotopic (exact) mass is 451 g/mol. The van der Waals surface area contributed by atoms with E-state index in [1.54, 1.807) is 46.1 Å². The molecule has 3 atom stereocenters. The fourth-order valence-corrected chi connectivity index (χ4v) is 3.13. The molecule has 2 N–H and O–H groups in total. The summed E-state index contributed by atoms with van der Waals surface area (Å²) in [4.78, 5) is 39.1. The van der Waals surface area contributed by atoms with E-state index in [1.165, 1.54) is 12.7 Å². The predicted octanol–water partition coefficient (Wildman–Crippen LogP) is 2.14. The van der Waals surface area contributed by atoms with Crippen LogP contribution < -0.4 is 4.90 Å². The Morgan fingerprint density at radius 2 is 1.72 bits per heavy atom. The van der Waals surface area contributed by atoms with Crippen LogP contribution in [0.4, 0.5) is 15.4 Å². The van der Waals surface area contributed by atoms with Gasteiger partial charge in [0.1, 0.15) is 29.9 Å². The van der Waals surface area contributed by atoms with Gasteiger partial charge >= 0.3 is 12.2 Å². The lowest BCUT2D eigenvalue weighted by Gasteiger charge is -2.28. The number of anilines is 1. The van der Waals surface area contributed by atoms with Crippen LogP contribution in [0.5, 0.6) is 0 Å². The topological polar surface area (TPSA) is 149 Å². The van der Waals surface area contributed by atoms with Gasteiger partial charge in [0.05, 0.1) is 19.0 Å². The van der Waals surface area contributed by atoms with Gasteiger partial charge in [-0.05, 0) is 41.5 Å². The molecule has 12 nitrogen and oxygen atoms in total. The Morgan fingerprint density at radius 1 is 1.12 bits per heavy atom. The number of aliphatic hydroxyl groups excluding tert-OH is 2. The summed E-state index contributed by atoms with van der Waals surface area (Å²) in [6.07, 6.45) is -1.41. The number of amides is 2. The fraction of sp³-hybridized carbons (Fsp3) is 0.650.